The Labute approximate surface area is 231 Å². The lowest BCUT2D eigenvalue weighted by molar-refractivity contribution is 0.693. The maximum Gasteiger partial charge on any atom is 0.159 e. The van der Waals surface area contributed by atoms with Gasteiger partial charge in [-0.3, -0.25) is 10.1 Å². The first kappa shape index (κ1) is 24.0. The molecule has 0 aliphatic carbocycles. The molecule has 0 bridgehead atoms. The van der Waals surface area contributed by atoms with Crippen LogP contribution in [0.4, 0.5) is 0 Å². The molecule has 0 radical (unpaired) electrons. The number of hydrogen-bond donors (Lipinski definition) is 3. The predicted molar refractivity (Wildman–Crippen MR) is 158 cm³/mol. The summed E-state index contributed by atoms with van der Waals surface area (Å²) >= 11 is 0. The van der Waals surface area contributed by atoms with Gasteiger partial charge in [-0.05, 0) is 54.3 Å². The highest BCUT2D eigenvalue weighted by Gasteiger charge is 2.16. The fraction of sp³-hybridized carbons (Fsp3) is 0.125. The number of benzene rings is 3. The average molecular weight is 525 g/mol. The highest BCUT2D eigenvalue weighted by molar-refractivity contribution is 5.96. The van der Waals surface area contributed by atoms with Crippen molar-refractivity contribution in [1.82, 2.24) is 40.0 Å². The first-order valence-corrected chi connectivity index (χ1v) is 13.3. The smallest absolute Gasteiger partial charge is 0.159 e. The molecule has 0 aliphatic heterocycles. The van der Waals surface area contributed by atoms with Crippen LogP contribution in [0.1, 0.15) is 22.4 Å². The molecule has 0 saturated carbocycles. The number of hydrogen-bond acceptors (Lipinski definition) is 5. The Kier molecular flexibility index (Phi) is 5.94. The molecule has 0 fully saturated rings. The van der Waals surface area contributed by atoms with Crippen molar-refractivity contribution in [1.29, 1.82) is 0 Å². The number of aromatic amines is 2. The average Bonchev–Trinajstić information content (AvgIpc) is 3.70. The zero-order valence-electron chi connectivity index (χ0n) is 22.3. The van der Waals surface area contributed by atoms with Crippen LogP contribution in [-0.4, -0.2) is 34.7 Å². The third-order valence-corrected chi connectivity index (χ3v) is 7.12. The molecule has 7 aromatic rings. The second kappa shape index (κ2) is 9.91. The van der Waals surface area contributed by atoms with E-state index < -0.39 is 0 Å². The number of rotatable bonds is 7. The second-order valence-corrected chi connectivity index (χ2v) is 10.2. The van der Waals surface area contributed by atoms with Crippen molar-refractivity contribution in [3.8, 4) is 28.3 Å². The molecule has 0 amide bonds. The van der Waals surface area contributed by atoms with E-state index in [0.717, 1.165) is 57.7 Å². The van der Waals surface area contributed by atoms with Crippen LogP contribution in [0.15, 0.2) is 91.6 Å². The van der Waals surface area contributed by atoms with Gasteiger partial charge in [0.15, 0.2) is 5.82 Å². The van der Waals surface area contributed by atoms with Gasteiger partial charge < -0.3 is 14.9 Å². The zero-order valence-corrected chi connectivity index (χ0v) is 22.3. The van der Waals surface area contributed by atoms with Crippen LogP contribution < -0.4 is 5.32 Å². The Bertz CT molecular complexity index is 1960. The molecule has 3 aromatic carbocycles. The number of fused-ring (bicyclic) bond motifs is 2. The van der Waals surface area contributed by atoms with Crippen molar-refractivity contribution in [2.24, 2.45) is 0 Å². The van der Waals surface area contributed by atoms with Crippen LogP contribution in [0, 0.1) is 13.8 Å². The number of H-pyrrole nitrogens is 2. The molecule has 4 heterocycles. The number of pyridine rings is 1. The molecular formula is C32H28N8. The SMILES string of the molecule is Cc1cc(CNCc2ccccc2)cc(-c2ccc3[nH]nc(-c4nc5c(-n6cnc(C)c6)cncc5[nH]4)c3c2)c1. The van der Waals surface area contributed by atoms with Gasteiger partial charge in [-0.2, -0.15) is 5.10 Å². The molecule has 7 rings (SSSR count). The Morgan fingerprint density at radius 1 is 0.850 bits per heavy atom. The summed E-state index contributed by atoms with van der Waals surface area (Å²) in [5.74, 6) is 0.694. The summed E-state index contributed by atoms with van der Waals surface area (Å²) in [6.45, 7) is 5.75. The van der Waals surface area contributed by atoms with Crippen LogP contribution in [0.3, 0.4) is 0 Å². The maximum absolute atomic E-state index is 4.95. The molecule has 0 saturated heterocycles. The Morgan fingerprint density at radius 2 is 1.73 bits per heavy atom. The third-order valence-electron chi connectivity index (χ3n) is 7.12. The quantitative estimate of drug-likeness (QED) is 0.229. The Hall–Kier alpha value is -5.08. The van der Waals surface area contributed by atoms with Gasteiger partial charge in [-0.1, -0.05) is 54.1 Å². The topological polar surface area (TPSA) is 100 Å². The van der Waals surface area contributed by atoms with Crippen molar-refractivity contribution >= 4 is 21.9 Å². The third kappa shape index (κ3) is 4.54. The number of imidazole rings is 2. The van der Waals surface area contributed by atoms with Gasteiger partial charge in [0.1, 0.15) is 11.2 Å². The highest BCUT2D eigenvalue weighted by Crippen LogP contribution is 2.32. The molecule has 8 heteroatoms. The lowest BCUT2D eigenvalue weighted by atomic mass is 9.98. The van der Waals surface area contributed by atoms with E-state index in [0.29, 0.717) is 5.82 Å². The minimum atomic E-state index is 0.694. The van der Waals surface area contributed by atoms with Crippen molar-refractivity contribution in [2.75, 3.05) is 0 Å². The van der Waals surface area contributed by atoms with Crippen LogP contribution in [0.2, 0.25) is 0 Å². The van der Waals surface area contributed by atoms with Gasteiger partial charge in [0.25, 0.3) is 0 Å². The summed E-state index contributed by atoms with van der Waals surface area (Å²) in [4.78, 5) is 17.1. The molecule has 8 nitrogen and oxygen atoms in total. The first-order chi connectivity index (χ1) is 19.6. The molecular weight excluding hydrogens is 496 g/mol. The summed E-state index contributed by atoms with van der Waals surface area (Å²) < 4.78 is 1.94. The lowest BCUT2D eigenvalue weighted by Crippen LogP contribution is -2.12. The van der Waals surface area contributed by atoms with Gasteiger partial charge in [-0.15, -0.1) is 0 Å². The van der Waals surface area contributed by atoms with E-state index in [4.69, 9.17) is 4.98 Å². The maximum atomic E-state index is 4.95. The molecule has 0 aliphatic rings. The van der Waals surface area contributed by atoms with E-state index >= 15 is 0 Å². The fourth-order valence-corrected chi connectivity index (χ4v) is 5.23. The highest BCUT2D eigenvalue weighted by atomic mass is 15.1. The molecule has 0 spiro atoms. The monoisotopic (exact) mass is 524 g/mol. The van der Waals surface area contributed by atoms with Crippen LogP contribution >= 0.6 is 0 Å². The van der Waals surface area contributed by atoms with E-state index in [1.54, 1.807) is 18.7 Å². The van der Waals surface area contributed by atoms with E-state index in [1.807, 2.05) is 23.8 Å². The second-order valence-electron chi connectivity index (χ2n) is 10.2. The van der Waals surface area contributed by atoms with E-state index in [1.165, 1.54) is 22.3 Å². The van der Waals surface area contributed by atoms with Crippen molar-refractivity contribution in [3.63, 3.8) is 0 Å². The normalized spacial score (nSPS) is 11.6. The van der Waals surface area contributed by atoms with Gasteiger partial charge in [0.05, 0.1) is 41.1 Å². The van der Waals surface area contributed by atoms with Crippen LogP contribution in [-0.2, 0) is 13.1 Å². The Morgan fingerprint density at radius 3 is 2.58 bits per heavy atom. The number of nitrogens with one attached hydrogen (secondary N) is 3. The minimum Gasteiger partial charge on any atom is -0.335 e. The van der Waals surface area contributed by atoms with Gasteiger partial charge in [0.2, 0.25) is 0 Å². The minimum absolute atomic E-state index is 0.694. The lowest BCUT2D eigenvalue weighted by Gasteiger charge is -2.10. The summed E-state index contributed by atoms with van der Waals surface area (Å²) in [5.41, 5.74) is 11.3. The summed E-state index contributed by atoms with van der Waals surface area (Å²) in [5, 5.41) is 12.4. The molecule has 3 N–H and O–H groups in total. The summed E-state index contributed by atoms with van der Waals surface area (Å²) in [7, 11) is 0. The molecule has 4 aromatic heterocycles. The van der Waals surface area contributed by atoms with Gasteiger partial charge in [0, 0.05) is 24.7 Å². The number of nitrogens with zero attached hydrogens (tertiary/aromatic N) is 5. The first-order valence-electron chi connectivity index (χ1n) is 13.3. The van der Waals surface area contributed by atoms with E-state index in [9.17, 15) is 0 Å². The fourth-order valence-electron chi connectivity index (χ4n) is 5.23. The summed E-state index contributed by atoms with van der Waals surface area (Å²) in [6.07, 6.45) is 7.34. The standard InChI is InChI=1S/C32H28N8/c1-20-10-23(15-33-14-22-6-4-3-5-7-22)12-25(11-20)24-8-9-27-26(13-24)30(39-38-27)32-36-28-16-34-17-29(31(28)37-32)40-18-21(2)35-19-40/h3-13,16-19,33H,14-15H2,1-2H3,(H,36,37)(H,38,39). The molecule has 40 heavy (non-hydrogen) atoms. The number of aryl methyl sites for hydroxylation is 2. The van der Waals surface area contributed by atoms with Crippen molar-refractivity contribution < 1.29 is 0 Å². The molecule has 0 unspecified atom stereocenters. The van der Waals surface area contributed by atoms with Crippen molar-refractivity contribution in [2.45, 2.75) is 26.9 Å². The Balaban J connectivity index is 1.22. The van der Waals surface area contributed by atoms with Crippen LogP contribution in [0.5, 0.6) is 0 Å². The molecule has 196 valence electrons. The summed E-state index contributed by atoms with van der Waals surface area (Å²) in [6, 6.07) is 23.6. The van der Waals surface area contributed by atoms with Gasteiger partial charge in [-0.25, -0.2) is 9.97 Å². The van der Waals surface area contributed by atoms with Crippen molar-refractivity contribution in [3.05, 3.63) is 114 Å². The van der Waals surface area contributed by atoms with E-state index in [2.05, 4.69) is 98.1 Å². The van der Waals surface area contributed by atoms with E-state index in [-0.39, 0.29) is 0 Å². The zero-order chi connectivity index (χ0) is 27.1. The van der Waals surface area contributed by atoms with Gasteiger partial charge >= 0.3 is 0 Å². The molecule has 0 atom stereocenters. The van der Waals surface area contributed by atoms with Crippen LogP contribution in [0.25, 0.3) is 50.3 Å². The largest absolute Gasteiger partial charge is 0.335 e. The predicted octanol–water partition coefficient (Wildman–Crippen LogP) is 6.26. The number of aromatic nitrogens is 7.